The Labute approximate surface area is 138 Å². The second-order valence-electron chi connectivity index (χ2n) is 5.33. The van der Waals surface area contributed by atoms with Crippen molar-refractivity contribution in [2.24, 2.45) is 5.92 Å². The summed E-state index contributed by atoms with van der Waals surface area (Å²) in [6.07, 6.45) is 3.48. The monoisotopic (exact) mass is 340 g/mol. The van der Waals surface area contributed by atoms with Crippen LogP contribution in [0.1, 0.15) is 18.1 Å². The lowest BCUT2D eigenvalue weighted by Gasteiger charge is -2.25. The molecule has 3 rings (SSSR count). The molecule has 0 bridgehead atoms. The van der Waals surface area contributed by atoms with E-state index in [4.69, 9.17) is 27.9 Å². The minimum Gasteiger partial charge on any atom is -0.485 e. The normalized spacial score (nSPS) is 19.1. The van der Waals surface area contributed by atoms with Crippen molar-refractivity contribution >= 4 is 23.2 Å². The van der Waals surface area contributed by atoms with Crippen molar-refractivity contribution in [3.05, 3.63) is 58.1 Å². The van der Waals surface area contributed by atoms with E-state index in [0.29, 0.717) is 21.4 Å². The van der Waals surface area contributed by atoms with E-state index in [2.05, 4.69) is 10.3 Å². The van der Waals surface area contributed by atoms with E-state index in [0.717, 1.165) is 19.5 Å². The zero-order chi connectivity index (χ0) is 15.5. The maximum absolute atomic E-state index is 13.5. The highest BCUT2D eigenvalue weighted by Crippen LogP contribution is 2.34. The highest BCUT2D eigenvalue weighted by molar-refractivity contribution is 6.34. The van der Waals surface area contributed by atoms with E-state index in [1.165, 1.54) is 12.3 Å². The van der Waals surface area contributed by atoms with Gasteiger partial charge in [0.2, 0.25) is 0 Å². The van der Waals surface area contributed by atoms with Gasteiger partial charge in [-0.3, -0.25) is 4.98 Å². The summed E-state index contributed by atoms with van der Waals surface area (Å²) in [5.41, 5.74) is 0.713. The lowest BCUT2D eigenvalue weighted by atomic mass is 9.96. The van der Waals surface area contributed by atoms with E-state index < -0.39 is 0 Å². The van der Waals surface area contributed by atoms with E-state index in [-0.39, 0.29) is 17.8 Å². The molecule has 0 saturated carbocycles. The van der Waals surface area contributed by atoms with Crippen LogP contribution in [0.3, 0.4) is 0 Å². The predicted molar refractivity (Wildman–Crippen MR) is 85.0 cm³/mol. The van der Waals surface area contributed by atoms with E-state index in [1.54, 1.807) is 24.4 Å². The van der Waals surface area contributed by atoms with E-state index in [9.17, 15) is 4.39 Å². The van der Waals surface area contributed by atoms with Gasteiger partial charge in [-0.25, -0.2) is 4.39 Å². The highest BCUT2D eigenvalue weighted by Gasteiger charge is 2.28. The molecule has 1 fully saturated rings. The third-order valence-corrected chi connectivity index (χ3v) is 4.12. The maximum atomic E-state index is 13.5. The van der Waals surface area contributed by atoms with Gasteiger partial charge in [-0.1, -0.05) is 23.2 Å². The number of pyridine rings is 1. The molecule has 0 spiro atoms. The number of ether oxygens (including phenoxy) is 1. The zero-order valence-electron chi connectivity index (χ0n) is 11.7. The second-order valence-corrected chi connectivity index (χ2v) is 6.21. The van der Waals surface area contributed by atoms with Crippen LogP contribution in [0, 0.1) is 11.7 Å². The fraction of sp³-hybridized carbons (Fsp3) is 0.312. The topological polar surface area (TPSA) is 34.1 Å². The van der Waals surface area contributed by atoms with Gasteiger partial charge in [0.1, 0.15) is 17.7 Å². The molecule has 1 unspecified atom stereocenters. The molecule has 2 aromatic rings. The lowest BCUT2D eigenvalue weighted by Crippen LogP contribution is -2.21. The van der Waals surface area contributed by atoms with Crippen LogP contribution in [0.4, 0.5) is 4.39 Å². The van der Waals surface area contributed by atoms with Gasteiger partial charge in [-0.2, -0.15) is 0 Å². The third-order valence-electron chi connectivity index (χ3n) is 3.68. The van der Waals surface area contributed by atoms with Crippen molar-refractivity contribution in [1.82, 2.24) is 10.3 Å². The van der Waals surface area contributed by atoms with Crippen LogP contribution in [0.2, 0.25) is 10.0 Å². The van der Waals surface area contributed by atoms with Crippen LogP contribution < -0.4 is 10.1 Å². The first-order chi connectivity index (χ1) is 10.6. The van der Waals surface area contributed by atoms with Crippen LogP contribution >= 0.6 is 23.2 Å². The van der Waals surface area contributed by atoms with Gasteiger partial charge in [-0.15, -0.1) is 0 Å². The van der Waals surface area contributed by atoms with Crippen LogP contribution in [0.5, 0.6) is 5.75 Å². The Morgan fingerprint density at radius 2 is 1.95 bits per heavy atom. The first kappa shape index (κ1) is 15.5. The van der Waals surface area contributed by atoms with Gasteiger partial charge in [0.15, 0.2) is 0 Å². The second kappa shape index (κ2) is 6.82. The average molecular weight is 341 g/mol. The molecular formula is C16H15Cl2FN2O. The van der Waals surface area contributed by atoms with Crippen LogP contribution in [-0.2, 0) is 0 Å². The SMILES string of the molecule is Fc1cncc([C@@H](Oc2cc(Cl)cc(Cl)c2)C2CCNC2)c1. The Kier molecular flexibility index (Phi) is 4.81. The van der Waals surface area contributed by atoms with Crippen molar-refractivity contribution in [2.45, 2.75) is 12.5 Å². The smallest absolute Gasteiger partial charge is 0.141 e. The Bertz CT molecular complexity index is 642. The third kappa shape index (κ3) is 3.69. The summed E-state index contributed by atoms with van der Waals surface area (Å²) in [6, 6.07) is 6.51. The molecule has 1 aromatic carbocycles. The summed E-state index contributed by atoms with van der Waals surface area (Å²) < 4.78 is 19.6. The largest absolute Gasteiger partial charge is 0.485 e. The highest BCUT2D eigenvalue weighted by atomic mass is 35.5. The Morgan fingerprint density at radius 1 is 1.18 bits per heavy atom. The van der Waals surface area contributed by atoms with Gasteiger partial charge in [0, 0.05) is 34.3 Å². The number of halogens is 3. The summed E-state index contributed by atoms with van der Waals surface area (Å²) in [5, 5.41) is 4.31. The van der Waals surface area contributed by atoms with Gasteiger partial charge in [-0.05, 0) is 37.2 Å². The molecule has 22 heavy (non-hydrogen) atoms. The molecular weight excluding hydrogens is 326 g/mol. The predicted octanol–water partition coefficient (Wildman–Crippen LogP) is 4.26. The number of nitrogens with zero attached hydrogens (tertiary/aromatic N) is 1. The molecule has 1 aliphatic rings. The number of rotatable bonds is 4. The number of hydrogen-bond donors (Lipinski definition) is 1. The minimum atomic E-state index is -0.374. The minimum absolute atomic E-state index is 0.237. The molecule has 2 atom stereocenters. The summed E-state index contributed by atoms with van der Waals surface area (Å²) in [7, 11) is 0. The number of nitrogens with one attached hydrogen (secondary N) is 1. The van der Waals surface area contributed by atoms with Gasteiger partial charge in [0.25, 0.3) is 0 Å². The maximum Gasteiger partial charge on any atom is 0.141 e. The van der Waals surface area contributed by atoms with E-state index in [1.807, 2.05) is 0 Å². The first-order valence-corrected chi connectivity index (χ1v) is 7.81. The van der Waals surface area contributed by atoms with Crippen LogP contribution in [0.25, 0.3) is 0 Å². The molecule has 0 amide bonds. The molecule has 1 N–H and O–H groups in total. The molecule has 116 valence electrons. The zero-order valence-corrected chi connectivity index (χ0v) is 13.2. The van der Waals surface area contributed by atoms with Crippen molar-refractivity contribution in [3.63, 3.8) is 0 Å². The molecule has 0 radical (unpaired) electrons. The lowest BCUT2D eigenvalue weighted by molar-refractivity contribution is 0.143. The van der Waals surface area contributed by atoms with E-state index >= 15 is 0 Å². The molecule has 1 aromatic heterocycles. The van der Waals surface area contributed by atoms with Crippen LogP contribution in [0.15, 0.2) is 36.7 Å². The van der Waals surface area contributed by atoms with Gasteiger partial charge < -0.3 is 10.1 Å². The fourth-order valence-electron chi connectivity index (χ4n) is 2.70. The van der Waals surface area contributed by atoms with Gasteiger partial charge >= 0.3 is 0 Å². The van der Waals surface area contributed by atoms with Crippen LogP contribution in [-0.4, -0.2) is 18.1 Å². The number of aromatic nitrogens is 1. The van der Waals surface area contributed by atoms with Crippen molar-refractivity contribution < 1.29 is 9.13 Å². The molecule has 1 saturated heterocycles. The van der Waals surface area contributed by atoms with Crippen molar-refractivity contribution in [1.29, 1.82) is 0 Å². The average Bonchev–Trinajstić information content (AvgIpc) is 2.97. The molecule has 2 heterocycles. The molecule has 1 aliphatic heterocycles. The summed E-state index contributed by atoms with van der Waals surface area (Å²) >= 11 is 12.0. The number of hydrogen-bond acceptors (Lipinski definition) is 3. The first-order valence-electron chi connectivity index (χ1n) is 7.06. The van der Waals surface area contributed by atoms with Crippen molar-refractivity contribution in [2.75, 3.05) is 13.1 Å². The Morgan fingerprint density at radius 3 is 2.59 bits per heavy atom. The quantitative estimate of drug-likeness (QED) is 0.902. The summed E-state index contributed by atoms with van der Waals surface area (Å²) in [4.78, 5) is 3.93. The Balaban J connectivity index is 1.91. The standard InChI is InChI=1S/C16H15Cl2FN2O/c17-12-4-13(18)6-15(5-12)22-16(10-1-2-20-7-10)11-3-14(19)9-21-8-11/h3-6,8-10,16,20H,1-2,7H2/t10?,16-/m0/s1. The van der Waals surface area contributed by atoms with Gasteiger partial charge in [0.05, 0.1) is 6.20 Å². The Hall–Kier alpha value is -1.36. The summed E-state index contributed by atoms with van der Waals surface area (Å²) in [5.74, 6) is 0.432. The molecule has 6 heteroatoms. The fourth-order valence-corrected chi connectivity index (χ4v) is 3.20. The molecule has 3 nitrogen and oxygen atoms in total. The number of benzene rings is 1. The molecule has 0 aliphatic carbocycles. The van der Waals surface area contributed by atoms with Crippen molar-refractivity contribution in [3.8, 4) is 5.75 Å². The summed E-state index contributed by atoms with van der Waals surface area (Å²) in [6.45, 7) is 1.74.